The molecule has 12 heteroatoms. The molecule has 0 atom stereocenters. The van der Waals surface area contributed by atoms with Crippen LogP contribution in [-0.2, 0) is 12.5 Å². The lowest BCUT2D eigenvalue weighted by Crippen LogP contribution is -2.25. The molecule has 2 aromatic carbocycles. The van der Waals surface area contributed by atoms with Crippen LogP contribution in [0.15, 0.2) is 47.6 Å². The third-order valence-electron chi connectivity index (χ3n) is 5.40. The number of carboxylic acid groups (broad SMARTS) is 1. The van der Waals surface area contributed by atoms with E-state index in [2.05, 4.69) is 41.7 Å². The molecule has 0 saturated carbocycles. The van der Waals surface area contributed by atoms with E-state index in [-0.39, 0.29) is 27.7 Å². The van der Waals surface area contributed by atoms with Gasteiger partial charge in [0.25, 0.3) is 5.69 Å². The number of aromatic nitrogens is 2. The Hall–Kier alpha value is -4.32. The molecule has 0 spiro atoms. The Bertz CT molecular complexity index is 1370. The zero-order valence-electron chi connectivity index (χ0n) is 20.4. The molecule has 0 saturated heterocycles. The largest absolute Gasteiger partial charge is 0.504 e. The highest BCUT2D eigenvalue weighted by atomic mass is 32.1. The highest BCUT2D eigenvalue weighted by Crippen LogP contribution is 2.33. The van der Waals surface area contributed by atoms with Crippen LogP contribution < -0.4 is 10.7 Å². The van der Waals surface area contributed by atoms with Crippen molar-refractivity contribution in [3.8, 4) is 17.0 Å². The van der Waals surface area contributed by atoms with E-state index in [0.717, 1.165) is 17.7 Å². The Labute approximate surface area is 212 Å². The second-order valence-corrected chi connectivity index (χ2v) is 9.46. The van der Waals surface area contributed by atoms with Crippen LogP contribution in [0.3, 0.4) is 0 Å². The molecule has 0 radical (unpaired) electrons. The van der Waals surface area contributed by atoms with Crippen LogP contribution >= 0.6 is 12.2 Å². The fraction of sp³-hybridized carbons (Fsp3) is 0.250. The number of carbonyl (C=O) groups is 1. The highest BCUT2D eigenvalue weighted by Gasteiger charge is 2.22. The lowest BCUT2D eigenvalue weighted by Gasteiger charge is -2.19. The molecule has 0 aliphatic rings. The summed E-state index contributed by atoms with van der Waals surface area (Å²) in [5, 5.41) is 42.4. The normalized spacial score (nSPS) is 11.8. The van der Waals surface area contributed by atoms with Gasteiger partial charge in [0.1, 0.15) is 11.3 Å². The molecule has 0 aliphatic carbocycles. The molecular formula is C24H26N6O5S. The molecule has 11 nitrogen and oxygen atoms in total. The summed E-state index contributed by atoms with van der Waals surface area (Å²) < 4.78 is 1.56. The molecule has 1 aromatic heterocycles. The zero-order chi connectivity index (χ0) is 26.8. The van der Waals surface area contributed by atoms with Crippen LogP contribution in [0.2, 0.25) is 0 Å². The Morgan fingerprint density at radius 3 is 2.39 bits per heavy atom. The van der Waals surface area contributed by atoms with Gasteiger partial charge in [-0.15, -0.1) is 0 Å². The highest BCUT2D eigenvalue weighted by molar-refractivity contribution is 7.80. The first-order chi connectivity index (χ1) is 16.8. The van der Waals surface area contributed by atoms with Gasteiger partial charge in [0.2, 0.25) is 0 Å². The molecule has 36 heavy (non-hydrogen) atoms. The third kappa shape index (κ3) is 5.66. The SMILES string of the molecule is CC(=NNC(=S)Nc1ccc(C(=O)O)c([N+](=O)[O-])c1)c1nn(C)c(-c2ccc(C(C)(C)C)cc2)c1O. The number of nitro benzene ring substituents is 1. The van der Waals surface area contributed by atoms with Gasteiger partial charge in [0, 0.05) is 24.4 Å². The van der Waals surface area contributed by atoms with Gasteiger partial charge in [0.05, 0.1) is 10.6 Å². The monoisotopic (exact) mass is 510 g/mol. The fourth-order valence-electron chi connectivity index (χ4n) is 3.50. The van der Waals surface area contributed by atoms with Crippen molar-refractivity contribution in [2.75, 3.05) is 5.32 Å². The van der Waals surface area contributed by atoms with Gasteiger partial charge in [-0.3, -0.25) is 20.2 Å². The van der Waals surface area contributed by atoms with Crippen LogP contribution in [0.5, 0.6) is 5.75 Å². The number of anilines is 1. The summed E-state index contributed by atoms with van der Waals surface area (Å²) in [5.41, 5.74) is 4.89. The van der Waals surface area contributed by atoms with Gasteiger partial charge < -0.3 is 15.5 Å². The number of rotatable bonds is 6. The molecule has 188 valence electrons. The predicted molar refractivity (Wildman–Crippen MR) is 141 cm³/mol. The van der Waals surface area contributed by atoms with E-state index in [9.17, 15) is 20.0 Å². The van der Waals surface area contributed by atoms with Gasteiger partial charge in [-0.2, -0.15) is 10.2 Å². The fourth-order valence-corrected chi connectivity index (χ4v) is 3.66. The molecule has 0 unspecified atom stereocenters. The van der Waals surface area contributed by atoms with Crippen molar-refractivity contribution >= 4 is 40.4 Å². The van der Waals surface area contributed by atoms with Crippen LogP contribution in [0.1, 0.15) is 49.3 Å². The van der Waals surface area contributed by atoms with E-state index in [1.807, 2.05) is 24.3 Å². The number of aromatic hydroxyl groups is 1. The summed E-state index contributed by atoms with van der Waals surface area (Å²) >= 11 is 5.18. The average molecular weight is 511 g/mol. The minimum absolute atomic E-state index is 0.000126. The first-order valence-electron chi connectivity index (χ1n) is 10.8. The zero-order valence-corrected chi connectivity index (χ0v) is 21.2. The van der Waals surface area contributed by atoms with Crippen molar-refractivity contribution < 1.29 is 19.9 Å². The molecule has 3 rings (SSSR count). The van der Waals surface area contributed by atoms with E-state index in [0.29, 0.717) is 11.4 Å². The number of benzene rings is 2. The predicted octanol–water partition coefficient (Wildman–Crippen LogP) is 4.41. The first-order valence-corrected chi connectivity index (χ1v) is 11.2. The number of thiocarbonyl (C=S) groups is 1. The van der Waals surface area contributed by atoms with E-state index >= 15 is 0 Å². The maximum Gasteiger partial charge on any atom is 0.342 e. The lowest BCUT2D eigenvalue weighted by molar-refractivity contribution is -0.385. The van der Waals surface area contributed by atoms with Crippen molar-refractivity contribution in [3.63, 3.8) is 0 Å². The van der Waals surface area contributed by atoms with E-state index in [4.69, 9.17) is 17.3 Å². The lowest BCUT2D eigenvalue weighted by atomic mass is 9.86. The minimum Gasteiger partial charge on any atom is -0.504 e. The Kier molecular flexibility index (Phi) is 7.39. The average Bonchev–Trinajstić information content (AvgIpc) is 3.10. The number of aromatic carboxylic acids is 1. The number of carboxylic acids is 1. The van der Waals surface area contributed by atoms with Crippen molar-refractivity contribution in [1.29, 1.82) is 0 Å². The van der Waals surface area contributed by atoms with Crippen molar-refractivity contribution in [2.45, 2.75) is 33.1 Å². The standard InChI is InChI=1S/C24H26N6O5S/c1-13(26-27-23(36)25-16-10-11-17(22(32)33)18(12-16)30(34)35)19-21(31)20(29(5)28-19)14-6-8-15(9-7-14)24(2,3)4/h6-12,31H,1-5H3,(H,32,33)(H2,25,27,36). The molecule has 0 aliphatic heterocycles. The number of hydrazone groups is 1. The van der Waals surface area contributed by atoms with E-state index in [1.165, 1.54) is 11.6 Å². The molecule has 0 bridgehead atoms. The summed E-state index contributed by atoms with van der Waals surface area (Å²) in [6.07, 6.45) is 0. The first kappa shape index (κ1) is 26.3. The van der Waals surface area contributed by atoms with E-state index < -0.39 is 22.1 Å². The summed E-state index contributed by atoms with van der Waals surface area (Å²) in [6.45, 7) is 8.01. The van der Waals surface area contributed by atoms with Crippen molar-refractivity contribution in [1.82, 2.24) is 15.2 Å². The van der Waals surface area contributed by atoms with Crippen LogP contribution in [0, 0.1) is 10.1 Å². The quantitative estimate of drug-likeness (QED) is 0.163. The summed E-state index contributed by atoms with van der Waals surface area (Å²) in [7, 11) is 1.72. The molecular weight excluding hydrogens is 484 g/mol. The van der Waals surface area contributed by atoms with Crippen LogP contribution in [0.4, 0.5) is 11.4 Å². The molecule has 1 heterocycles. The number of nitrogens with one attached hydrogen (secondary N) is 2. The summed E-state index contributed by atoms with van der Waals surface area (Å²) in [4.78, 5) is 21.5. The van der Waals surface area contributed by atoms with Gasteiger partial charge in [-0.1, -0.05) is 45.0 Å². The van der Waals surface area contributed by atoms with Crippen molar-refractivity contribution in [2.24, 2.45) is 12.1 Å². The second kappa shape index (κ2) is 10.1. The smallest absolute Gasteiger partial charge is 0.342 e. The van der Waals surface area contributed by atoms with Gasteiger partial charge >= 0.3 is 5.97 Å². The Morgan fingerprint density at radius 2 is 1.83 bits per heavy atom. The van der Waals surface area contributed by atoms with Gasteiger partial charge in [-0.05, 0) is 42.3 Å². The number of hydrogen-bond donors (Lipinski definition) is 4. The molecule has 0 fully saturated rings. The van der Waals surface area contributed by atoms with Crippen molar-refractivity contribution in [3.05, 3.63) is 69.4 Å². The van der Waals surface area contributed by atoms with Crippen LogP contribution in [0.25, 0.3) is 11.3 Å². The summed E-state index contributed by atoms with van der Waals surface area (Å²) in [5.74, 6) is -1.45. The Balaban J connectivity index is 1.77. The van der Waals surface area contributed by atoms with Gasteiger partial charge in [-0.25, -0.2) is 4.79 Å². The van der Waals surface area contributed by atoms with Crippen LogP contribution in [-0.4, -0.2) is 41.7 Å². The third-order valence-corrected chi connectivity index (χ3v) is 5.59. The maximum absolute atomic E-state index is 11.2. The minimum atomic E-state index is -1.41. The number of nitro groups is 1. The molecule has 0 amide bonds. The number of hydrogen-bond acceptors (Lipinski definition) is 7. The van der Waals surface area contributed by atoms with E-state index in [1.54, 1.807) is 18.7 Å². The topological polar surface area (TPSA) is 155 Å². The maximum atomic E-state index is 11.2. The van der Waals surface area contributed by atoms with Gasteiger partial charge in [0.15, 0.2) is 16.6 Å². The second-order valence-electron chi connectivity index (χ2n) is 9.05. The number of nitrogens with zero attached hydrogens (tertiary/aromatic N) is 4. The summed E-state index contributed by atoms with van der Waals surface area (Å²) in [6, 6.07) is 11.4. The Morgan fingerprint density at radius 1 is 1.19 bits per heavy atom. The number of aryl methyl sites for hydroxylation is 1. The molecule has 4 N–H and O–H groups in total. The molecule has 3 aromatic rings.